The molecule has 3 atom stereocenters. The average molecular weight is 633 g/mol. The van der Waals surface area contributed by atoms with Gasteiger partial charge in [-0.25, -0.2) is 0 Å². The van der Waals surface area contributed by atoms with E-state index in [0.29, 0.717) is 6.42 Å². The van der Waals surface area contributed by atoms with Crippen LogP contribution in [0.3, 0.4) is 0 Å². The number of carbonyl (C=O) groups is 3. The maximum absolute atomic E-state index is 12.9. The van der Waals surface area contributed by atoms with Crippen molar-refractivity contribution in [2.45, 2.75) is 33.2 Å². The van der Waals surface area contributed by atoms with Crippen LogP contribution >= 0.6 is 62.0 Å². The van der Waals surface area contributed by atoms with E-state index in [0.717, 1.165) is 18.5 Å². The lowest BCUT2D eigenvalue weighted by Gasteiger charge is -2.53. The molecule has 0 saturated carbocycles. The van der Waals surface area contributed by atoms with E-state index in [4.69, 9.17) is 0 Å². The van der Waals surface area contributed by atoms with Crippen LogP contribution in [0, 0.1) is 3.57 Å². The highest BCUT2D eigenvalue weighted by Gasteiger charge is 2.58. The maximum Gasteiger partial charge on any atom is 0.325 e. The first-order valence-electron chi connectivity index (χ1n) is 9.45. The molecule has 0 radical (unpaired) electrons. The van der Waals surface area contributed by atoms with E-state index in [2.05, 4.69) is 43.8 Å². The molecule has 31 heavy (non-hydrogen) atoms. The Balaban J connectivity index is 1.63. The van der Waals surface area contributed by atoms with Crippen LogP contribution in [0.1, 0.15) is 12.0 Å². The molecular weight excluding hydrogens is 615 g/mol. The van der Waals surface area contributed by atoms with Crippen molar-refractivity contribution in [2.24, 2.45) is 0 Å². The number of carboxylic acid groups (broad SMARTS) is 1. The first-order chi connectivity index (χ1) is 14.8. The van der Waals surface area contributed by atoms with Gasteiger partial charge in [0.05, 0.1) is 24.8 Å². The Labute approximate surface area is 210 Å². The largest absolute Gasteiger partial charge is 0.480 e. The lowest BCUT2D eigenvalue weighted by atomic mass is 10.0. The molecule has 2 unspecified atom stereocenters. The minimum Gasteiger partial charge on any atom is -0.480 e. The Bertz CT molecular complexity index is 1060. The monoisotopic (exact) mass is 632 g/mol. The van der Waals surface area contributed by atoms with Crippen molar-refractivity contribution in [3.63, 3.8) is 0 Å². The van der Waals surface area contributed by atoms with Gasteiger partial charge in [0.1, 0.15) is 5.37 Å². The second kappa shape index (κ2) is 9.32. The van der Waals surface area contributed by atoms with E-state index in [1.54, 1.807) is 4.90 Å². The van der Waals surface area contributed by atoms with Gasteiger partial charge < -0.3 is 15.3 Å². The third-order valence-corrected chi connectivity index (χ3v) is 10.4. The molecule has 2 heterocycles. The number of carbonyl (C=O) groups excluding carboxylic acids is 2. The minimum atomic E-state index is -1.42. The van der Waals surface area contributed by atoms with Crippen LogP contribution in [0.25, 0.3) is 0 Å². The predicted molar refractivity (Wildman–Crippen MR) is 133 cm³/mol. The molecule has 0 aliphatic carbocycles. The third kappa shape index (κ3) is 4.62. The van der Waals surface area contributed by atoms with E-state index in [1.165, 1.54) is 23.5 Å². The number of β-lactam (4-membered cyclic amide) rings is 1. The fraction of sp³-hybridized carbons (Fsp3) is 0.286. The fourth-order valence-electron chi connectivity index (χ4n) is 3.54. The zero-order valence-corrected chi connectivity index (χ0v) is 21.5. The van der Waals surface area contributed by atoms with Crippen LogP contribution < -0.4 is 5.32 Å². The molecule has 0 aromatic heterocycles. The molecule has 2 N–H and O–H groups in total. The van der Waals surface area contributed by atoms with Crippen molar-refractivity contribution < 1.29 is 19.5 Å². The van der Waals surface area contributed by atoms with Crippen molar-refractivity contribution in [1.29, 1.82) is 0 Å². The lowest BCUT2D eigenvalue weighted by molar-refractivity contribution is -0.147. The zero-order valence-electron chi connectivity index (χ0n) is 16.1. The first-order valence-corrected chi connectivity index (χ1v) is 13.1. The van der Waals surface area contributed by atoms with Gasteiger partial charge in [-0.15, -0.1) is 23.5 Å². The van der Waals surface area contributed by atoms with E-state index in [-0.39, 0.29) is 30.2 Å². The molecule has 162 valence electrons. The average Bonchev–Trinajstić information content (AvgIpc) is 2.72. The molecule has 10 heteroatoms. The zero-order chi connectivity index (χ0) is 22.2. The standard InChI is InChI=1S/C21H18BrIN2O4S2/c22-13-6-2-4-8-15(13)31-21(20(28)29)11-25-17(27)10-18(25)30-19(21)24-16(26)9-12-5-1-3-7-14(12)23/h1-8,18-19H,9-11H2,(H,24,26)(H,28,29)/t18-,19?,21?/m1/s1. The van der Waals surface area contributed by atoms with Gasteiger partial charge in [0.2, 0.25) is 11.8 Å². The second-order valence-corrected chi connectivity index (χ2v) is 11.9. The molecule has 4 rings (SSSR count). The van der Waals surface area contributed by atoms with E-state index >= 15 is 0 Å². The number of halogens is 2. The number of carboxylic acids is 1. The van der Waals surface area contributed by atoms with Gasteiger partial charge in [0.25, 0.3) is 0 Å². The molecule has 2 aromatic carbocycles. The van der Waals surface area contributed by atoms with Crippen molar-refractivity contribution >= 4 is 79.8 Å². The van der Waals surface area contributed by atoms with Crippen LogP contribution in [-0.2, 0) is 20.8 Å². The van der Waals surface area contributed by atoms with Gasteiger partial charge in [-0.2, -0.15) is 0 Å². The highest BCUT2D eigenvalue weighted by molar-refractivity contribution is 14.1. The van der Waals surface area contributed by atoms with Crippen LogP contribution in [0.15, 0.2) is 57.9 Å². The SMILES string of the molecule is O=C(Cc1ccccc1I)NC1S[C@@H]2CC(=O)N2CC1(Sc1ccccc1Br)C(=O)O. The topological polar surface area (TPSA) is 86.7 Å². The first kappa shape index (κ1) is 22.9. The molecule has 2 amide bonds. The summed E-state index contributed by atoms with van der Waals surface area (Å²) in [6.45, 7) is 0.0403. The predicted octanol–water partition coefficient (Wildman–Crippen LogP) is 3.96. The van der Waals surface area contributed by atoms with Crippen molar-refractivity contribution in [3.8, 4) is 0 Å². The Kier molecular flexibility index (Phi) is 6.90. The summed E-state index contributed by atoms with van der Waals surface area (Å²) in [5.74, 6) is -1.35. The third-order valence-electron chi connectivity index (χ3n) is 5.23. The van der Waals surface area contributed by atoms with Gasteiger partial charge in [-0.05, 0) is 62.3 Å². The van der Waals surface area contributed by atoms with Crippen LogP contribution in [0.2, 0.25) is 0 Å². The molecule has 2 aromatic rings. The van der Waals surface area contributed by atoms with Gasteiger partial charge in [-0.1, -0.05) is 30.3 Å². The molecule has 2 aliphatic rings. The summed E-state index contributed by atoms with van der Waals surface area (Å²) < 4.78 is 0.335. The normalized spacial score (nSPS) is 24.8. The number of hydrogen-bond acceptors (Lipinski definition) is 5. The molecule has 2 fully saturated rings. The van der Waals surface area contributed by atoms with Crippen molar-refractivity contribution in [1.82, 2.24) is 10.2 Å². The number of benzene rings is 2. The van der Waals surface area contributed by atoms with Crippen LogP contribution in [0.5, 0.6) is 0 Å². The number of rotatable bonds is 6. The second-order valence-electron chi connectivity index (χ2n) is 7.26. The number of thioether (sulfide) groups is 2. The number of fused-ring (bicyclic) bond motifs is 1. The Morgan fingerprint density at radius 2 is 1.97 bits per heavy atom. The maximum atomic E-state index is 12.9. The highest BCUT2D eigenvalue weighted by Crippen LogP contribution is 2.50. The summed E-state index contributed by atoms with van der Waals surface area (Å²) in [7, 11) is 0. The number of hydrogen-bond donors (Lipinski definition) is 2. The summed E-state index contributed by atoms with van der Waals surface area (Å²) in [5.41, 5.74) is 0.890. The quantitative estimate of drug-likeness (QED) is 0.371. The molecule has 2 aliphatic heterocycles. The summed E-state index contributed by atoms with van der Waals surface area (Å²) >= 11 is 8.18. The summed E-state index contributed by atoms with van der Waals surface area (Å²) in [5, 5.41) is 12.5. The number of amides is 2. The number of nitrogens with one attached hydrogen (secondary N) is 1. The lowest BCUT2D eigenvalue weighted by Crippen LogP contribution is -2.69. The van der Waals surface area contributed by atoms with Crippen LogP contribution in [0.4, 0.5) is 0 Å². The molecule has 0 bridgehead atoms. The molecule has 6 nitrogen and oxygen atoms in total. The molecule has 0 spiro atoms. The molecular formula is C21H18BrIN2O4S2. The van der Waals surface area contributed by atoms with Gasteiger partial charge in [-0.3, -0.25) is 14.4 Å². The summed E-state index contributed by atoms with van der Waals surface area (Å²) in [4.78, 5) is 40.0. The highest BCUT2D eigenvalue weighted by atomic mass is 127. The van der Waals surface area contributed by atoms with Crippen molar-refractivity contribution in [3.05, 3.63) is 62.1 Å². The Morgan fingerprint density at radius 1 is 1.26 bits per heavy atom. The summed E-state index contributed by atoms with van der Waals surface area (Å²) in [6.07, 6.45) is 0.530. The Hall–Kier alpha value is -1.24. The number of nitrogens with zero attached hydrogens (tertiary/aromatic N) is 1. The van der Waals surface area contributed by atoms with E-state index in [1.807, 2.05) is 48.5 Å². The van der Waals surface area contributed by atoms with Gasteiger partial charge >= 0.3 is 5.97 Å². The smallest absolute Gasteiger partial charge is 0.325 e. The van der Waals surface area contributed by atoms with Gasteiger partial charge in [0, 0.05) is 12.9 Å². The van der Waals surface area contributed by atoms with E-state index in [9.17, 15) is 19.5 Å². The van der Waals surface area contributed by atoms with E-state index < -0.39 is 16.1 Å². The summed E-state index contributed by atoms with van der Waals surface area (Å²) in [6, 6.07) is 15.0. The number of aliphatic carboxylic acids is 1. The molecule has 2 saturated heterocycles. The van der Waals surface area contributed by atoms with Gasteiger partial charge in [0.15, 0.2) is 4.75 Å². The van der Waals surface area contributed by atoms with Crippen LogP contribution in [-0.4, -0.2) is 49.8 Å². The fourth-order valence-corrected chi connectivity index (χ4v) is 7.60. The Morgan fingerprint density at radius 3 is 2.65 bits per heavy atom. The minimum absolute atomic E-state index is 0.0403. The van der Waals surface area contributed by atoms with Crippen molar-refractivity contribution in [2.75, 3.05) is 6.54 Å².